The number of halogens is 1. The Morgan fingerprint density at radius 2 is 2.33 bits per heavy atom. The van der Waals surface area contributed by atoms with E-state index >= 15 is 0 Å². The van der Waals surface area contributed by atoms with Crippen LogP contribution < -0.4 is 5.73 Å². The fourth-order valence-electron chi connectivity index (χ4n) is 1.08. The lowest BCUT2D eigenvalue weighted by Gasteiger charge is -2.03. The van der Waals surface area contributed by atoms with Crippen molar-refractivity contribution >= 4 is 23.3 Å². The lowest BCUT2D eigenvalue weighted by Crippen LogP contribution is -2.05. The van der Waals surface area contributed by atoms with Crippen molar-refractivity contribution in [2.24, 2.45) is 0 Å². The molecule has 0 amide bonds. The normalized spacial score (nSPS) is 8.93. The number of esters is 1. The summed E-state index contributed by atoms with van der Waals surface area (Å²) in [6.45, 7) is 0. The van der Waals surface area contributed by atoms with E-state index in [1.807, 2.05) is 0 Å². The third-order valence-electron chi connectivity index (χ3n) is 1.74. The highest BCUT2D eigenvalue weighted by atomic mass is 35.5. The molecule has 0 saturated carbocycles. The predicted molar refractivity (Wildman–Crippen MR) is 59.8 cm³/mol. The monoisotopic (exact) mass is 223 g/mol. The number of rotatable bonds is 1. The summed E-state index contributed by atoms with van der Waals surface area (Å²) in [4.78, 5) is 11.4. The topological polar surface area (TPSA) is 52.3 Å². The molecule has 0 saturated heterocycles. The molecule has 0 aliphatic rings. The van der Waals surface area contributed by atoms with Gasteiger partial charge in [-0.15, -0.1) is 11.6 Å². The number of nitrogens with two attached hydrogens (primary N) is 1. The molecule has 1 aromatic carbocycles. The largest absolute Gasteiger partial charge is 0.465 e. The number of hydrogen-bond donors (Lipinski definition) is 1. The number of hydrogen-bond acceptors (Lipinski definition) is 3. The number of carbonyl (C=O) groups is 1. The molecule has 3 nitrogen and oxygen atoms in total. The van der Waals surface area contributed by atoms with Gasteiger partial charge in [0, 0.05) is 11.3 Å². The summed E-state index contributed by atoms with van der Waals surface area (Å²) in [6.07, 6.45) is 0. The van der Waals surface area contributed by atoms with E-state index in [4.69, 9.17) is 17.3 Å². The van der Waals surface area contributed by atoms with Crippen LogP contribution in [0.25, 0.3) is 0 Å². The van der Waals surface area contributed by atoms with Crippen LogP contribution in [0.4, 0.5) is 5.69 Å². The van der Waals surface area contributed by atoms with Crippen molar-refractivity contribution < 1.29 is 9.53 Å². The zero-order chi connectivity index (χ0) is 11.3. The third-order valence-corrected chi connectivity index (χ3v) is 1.87. The lowest BCUT2D eigenvalue weighted by atomic mass is 10.1. The highest BCUT2D eigenvalue weighted by Gasteiger charge is 2.10. The van der Waals surface area contributed by atoms with E-state index in [1.54, 1.807) is 12.1 Å². The van der Waals surface area contributed by atoms with Crippen LogP contribution in [0.2, 0.25) is 0 Å². The Hall–Kier alpha value is -1.66. The SMILES string of the molecule is COC(=O)c1cc(N)ccc1C#CCCl. The average Bonchev–Trinajstić information content (AvgIpc) is 2.26. The Balaban J connectivity index is 3.20. The second-order valence-corrected chi connectivity index (χ2v) is 3.00. The van der Waals surface area contributed by atoms with Gasteiger partial charge in [-0.05, 0) is 18.2 Å². The summed E-state index contributed by atoms with van der Waals surface area (Å²) in [5.41, 5.74) is 6.98. The molecule has 0 unspecified atom stereocenters. The number of carbonyl (C=O) groups excluding carboxylic acids is 1. The van der Waals surface area contributed by atoms with Crippen molar-refractivity contribution in [2.45, 2.75) is 0 Å². The standard InChI is InChI=1S/C11H10ClNO2/c1-15-11(14)10-7-9(13)5-4-8(10)3-2-6-12/h4-5,7H,6,13H2,1H3. The zero-order valence-corrected chi connectivity index (χ0v) is 8.97. The van der Waals surface area contributed by atoms with Crippen LogP contribution in [0.15, 0.2) is 18.2 Å². The number of methoxy groups -OCH3 is 1. The zero-order valence-electron chi connectivity index (χ0n) is 8.21. The van der Waals surface area contributed by atoms with E-state index in [0.717, 1.165) is 0 Å². The number of ether oxygens (including phenoxy) is 1. The van der Waals surface area contributed by atoms with Crippen LogP contribution >= 0.6 is 11.6 Å². The van der Waals surface area contributed by atoms with Gasteiger partial charge in [-0.3, -0.25) is 0 Å². The fraction of sp³-hybridized carbons (Fsp3) is 0.182. The Kier molecular flexibility index (Phi) is 4.02. The maximum absolute atomic E-state index is 11.4. The van der Waals surface area contributed by atoms with Gasteiger partial charge in [-0.25, -0.2) is 4.79 Å². The van der Waals surface area contributed by atoms with Crippen molar-refractivity contribution in [3.05, 3.63) is 29.3 Å². The van der Waals surface area contributed by atoms with Crippen LogP contribution in [-0.2, 0) is 4.74 Å². The predicted octanol–water partition coefficient (Wildman–Crippen LogP) is 1.65. The summed E-state index contributed by atoms with van der Waals surface area (Å²) in [5, 5.41) is 0. The minimum Gasteiger partial charge on any atom is -0.465 e. The van der Waals surface area contributed by atoms with E-state index in [-0.39, 0.29) is 5.88 Å². The molecule has 4 heteroatoms. The first-order valence-electron chi connectivity index (χ1n) is 4.21. The lowest BCUT2D eigenvalue weighted by molar-refractivity contribution is 0.0600. The van der Waals surface area contributed by atoms with Gasteiger partial charge < -0.3 is 10.5 Å². The Bertz CT molecular complexity index is 432. The summed E-state index contributed by atoms with van der Waals surface area (Å²) in [5.74, 6) is 5.19. The minimum absolute atomic E-state index is 0.213. The van der Waals surface area contributed by atoms with Crippen molar-refractivity contribution in [3.8, 4) is 11.8 Å². The number of alkyl halides is 1. The summed E-state index contributed by atoms with van der Waals surface area (Å²) >= 11 is 5.43. The van der Waals surface area contributed by atoms with E-state index in [0.29, 0.717) is 16.8 Å². The fourth-order valence-corrected chi connectivity index (χ4v) is 1.15. The average molecular weight is 224 g/mol. The first kappa shape index (κ1) is 11.4. The van der Waals surface area contributed by atoms with Crippen LogP contribution in [0, 0.1) is 11.8 Å². The molecule has 0 fully saturated rings. The first-order chi connectivity index (χ1) is 7.19. The van der Waals surface area contributed by atoms with Crippen LogP contribution in [0.1, 0.15) is 15.9 Å². The van der Waals surface area contributed by atoms with E-state index in [1.165, 1.54) is 13.2 Å². The van der Waals surface area contributed by atoms with Crippen LogP contribution in [0.5, 0.6) is 0 Å². The molecule has 0 aliphatic heterocycles. The Morgan fingerprint density at radius 1 is 1.60 bits per heavy atom. The summed E-state index contributed by atoms with van der Waals surface area (Å²) in [6, 6.07) is 4.87. The maximum Gasteiger partial charge on any atom is 0.339 e. The second-order valence-electron chi connectivity index (χ2n) is 2.73. The van der Waals surface area contributed by atoms with Crippen molar-refractivity contribution in [2.75, 3.05) is 18.7 Å². The van der Waals surface area contributed by atoms with Gasteiger partial charge in [0.2, 0.25) is 0 Å². The molecule has 0 aliphatic carbocycles. The van der Waals surface area contributed by atoms with E-state index < -0.39 is 5.97 Å². The second kappa shape index (κ2) is 5.28. The Labute approximate surface area is 93.2 Å². The minimum atomic E-state index is -0.457. The highest BCUT2D eigenvalue weighted by molar-refractivity contribution is 6.19. The molecule has 0 radical (unpaired) electrons. The third kappa shape index (κ3) is 2.90. The molecule has 0 heterocycles. The molecule has 1 rings (SSSR count). The van der Waals surface area contributed by atoms with Gasteiger partial charge in [-0.1, -0.05) is 11.8 Å². The van der Waals surface area contributed by atoms with Gasteiger partial charge in [0.25, 0.3) is 0 Å². The molecular weight excluding hydrogens is 214 g/mol. The van der Waals surface area contributed by atoms with Crippen LogP contribution in [-0.4, -0.2) is 19.0 Å². The summed E-state index contributed by atoms with van der Waals surface area (Å²) < 4.78 is 4.62. The van der Waals surface area contributed by atoms with Gasteiger partial charge in [0.1, 0.15) is 0 Å². The van der Waals surface area contributed by atoms with Gasteiger partial charge >= 0.3 is 5.97 Å². The summed E-state index contributed by atoms with van der Waals surface area (Å²) in [7, 11) is 1.31. The van der Waals surface area contributed by atoms with E-state index in [2.05, 4.69) is 16.6 Å². The van der Waals surface area contributed by atoms with Crippen molar-refractivity contribution in [3.63, 3.8) is 0 Å². The molecule has 2 N–H and O–H groups in total. The van der Waals surface area contributed by atoms with Crippen molar-refractivity contribution in [1.29, 1.82) is 0 Å². The molecular formula is C11H10ClNO2. The Morgan fingerprint density at radius 3 is 2.93 bits per heavy atom. The first-order valence-corrected chi connectivity index (χ1v) is 4.75. The maximum atomic E-state index is 11.4. The van der Waals surface area contributed by atoms with Crippen LogP contribution in [0.3, 0.4) is 0 Å². The quantitative estimate of drug-likeness (QED) is 0.341. The van der Waals surface area contributed by atoms with Gasteiger partial charge in [-0.2, -0.15) is 0 Å². The number of benzene rings is 1. The van der Waals surface area contributed by atoms with Gasteiger partial charge in [0.05, 0.1) is 18.6 Å². The molecule has 1 aromatic rings. The molecule has 0 atom stereocenters. The smallest absolute Gasteiger partial charge is 0.339 e. The van der Waals surface area contributed by atoms with Crippen molar-refractivity contribution in [1.82, 2.24) is 0 Å². The number of anilines is 1. The highest BCUT2D eigenvalue weighted by Crippen LogP contribution is 2.13. The molecule has 0 aromatic heterocycles. The molecule has 78 valence electrons. The number of nitrogen functional groups attached to an aromatic ring is 1. The molecule has 15 heavy (non-hydrogen) atoms. The molecule has 0 spiro atoms. The van der Waals surface area contributed by atoms with Gasteiger partial charge in [0.15, 0.2) is 0 Å². The van der Waals surface area contributed by atoms with E-state index in [9.17, 15) is 4.79 Å². The molecule has 0 bridgehead atoms.